The second kappa shape index (κ2) is 9.24. The van der Waals surface area contributed by atoms with Crippen molar-refractivity contribution in [3.63, 3.8) is 0 Å². The molecule has 2 saturated heterocycles. The summed E-state index contributed by atoms with van der Waals surface area (Å²) in [4.78, 5) is 39.7. The minimum absolute atomic E-state index is 0.243. The van der Waals surface area contributed by atoms with Gasteiger partial charge in [-0.15, -0.1) is 0 Å². The van der Waals surface area contributed by atoms with Gasteiger partial charge in [0, 0.05) is 14.9 Å². The molecule has 0 radical (unpaired) electrons. The molecule has 2 amide bonds. The van der Waals surface area contributed by atoms with Gasteiger partial charge in [0.15, 0.2) is 0 Å². The summed E-state index contributed by atoms with van der Waals surface area (Å²) in [7, 11) is 0. The van der Waals surface area contributed by atoms with E-state index in [2.05, 4.69) is 62.2 Å². The monoisotopic (exact) mass is 702 g/mol. The number of para-hydroxylation sites is 1. The molecule has 44 heavy (non-hydrogen) atoms. The summed E-state index contributed by atoms with van der Waals surface area (Å²) in [5.74, 6) is -1.51. The van der Waals surface area contributed by atoms with Crippen LogP contribution in [0.3, 0.4) is 0 Å². The first-order chi connectivity index (χ1) is 21.5. The van der Waals surface area contributed by atoms with E-state index in [4.69, 9.17) is 4.84 Å². The van der Waals surface area contributed by atoms with Gasteiger partial charge in [0.25, 0.3) is 5.91 Å². The molecule has 0 aromatic heterocycles. The molecule has 5 aliphatic rings. The van der Waals surface area contributed by atoms with Crippen LogP contribution in [0.15, 0.2) is 136 Å². The fourth-order valence-electron chi connectivity index (χ4n) is 8.53. The number of imide groups is 1. The number of anilines is 2. The number of hydrogen-bond acceptors (Lipinski definition) is 4. The van der Waals surface area contributed by atoms with Gasteiger partial charge in [0.05, 0.1) is 17.3 Å². The number of carbonyl (C=O) groups is 2. The molecule has 5 aromatic carbocycles. The van der Waals surface area contributed by atoms with Crippen molar-refractivity contribution in [2.75, 3.05) is 9.96 Å². The topological polar surface area (TPSA) is 49.9 Å². The van der Waals surface area contributed by atoms with Crippen LogP contribution >= 0.6 is 31.9 Å². The number of hydrogen-bond donors (Lipinski definition) is 0. The molecule has 10 rings (SSSR count). The van der Waals surface area contributed by atoms with Crippen molar-refractivity contribution in [2.24, 2.45) is 5.41 Å². The summed E-state index contributed by atoms with van der Waals surface area (Å²) >= 11 is 7.21. The number of halogens is 2. The van der Waals surface area contributed by atoms with Crippen molar-refractivity contribution < 1.29 is 14.4 Å². The van der Waals surface area contributed by atoms with Crippen molar-refractivity contribution >= 4 is 55.0 Å². The molecule has 2 aliphatic heterocycles. The number of carbonyl (C=O) groups excluding carboxylic acids is 2. The Morgan fingerprint density at radius 3 is 1.77 bits per heavy atom. The third-order valence-electron chi connectivity index (χ3n) is 9.96. The Balaban J connectivity index is 1.43. The molecule has 2 fully saturated rings. The number of hydroxylamine groups is 1. The zero-order valence-corrected chi connectivity index (χ0v) is 26.4. The van der Waals surface area contributed by atoms with E-state index in [9.17, 15) is 0 Å². The minimum Gasteiger partial charge on any atom is -0.273 e. The largest absolute Gasteiger partial charge is 0.273 e. The van der Waals surface area contributed by atoms with E-state index in [1.165, 1.54) is 4.90 Å². The van der Waals surface area contributed by atoms with E-state index < -0.39 is 28.9 Å². The van der Waals surface area contributed by atoms with Crippen LogP contribution in [0.25, 0.3) is 0 Å². The number of benzene rings is 5. The van der Waals surface area contributed by atoms with Crippen molar-refractivity contribution in [3.8, 4) is 0 Å². The summed E-state index contributed by atoms with van der Waals surface area (Å²) in [6, 6.07) is 41.2. The fourth-order valence-corrected chi connectivity index (χ4v) is 9.21. The number of rotatable bonds is 3. The van der Waals surface area contributed by atoms with Gasteiger partial charge in [-0.1, -0.05) is 111 Å². The van der Waals surface area contributed by atoms with E-state index in [0.29, 0.717) is 5.69 Å². The van der Waals surface area contributed by atoms with Crippen LogP contribution in [0.1, 0.15) is 45.7 Å². The average molecular weight is 704 g/mol. The lowest BCUT2D eigenvalue weighted by Gasteiger charge is -2.55. The highest BCUT2D eigenvalue weighted by Crippen LogP contribution is 2.77. The van der Waals surface area contributed by atoms with Gasteiger partial charge in [-0.05, 0) is 76.3 Å². The summed E-state index contributed by atoms with van der Waals surface area (Å²) in [5, 5.41) is 1.86. The van der Waals surface area contributed by atoms with Gasteiger partial charge in [-0.2, -0.15) is 0 Å². The van der Waals surface area contributed by atoms with E-state index in [1.54, 1.807) is 0 Å². The van der Waals surface area contributed by atoms with E-state index in [1.807, 2.05) is 102 Å². The molecule has 3 atom stereocenters. The van der Waals surface area contributed by atoms with E-state index in [0.717, 1.165) is 42.5 Å². The van der Waals surface area contributed by atoms with Gasteiger partial charge in [-0.3, -0.25) is 14.4 Å². The highest BCUT2D eigenvalue weighted by Gasteiger charge is 2.87. The van der Waals surface area contributed by atoms with Gasteiger partial charge in [0.1, 0.15) is 11.5 Å². The molecular weight excluding hydrogens is 680 g/mol. The first kappa shape index (κ1) is 26.4. The normalized spacial score (nSPS) is 27.6. The fraction of sp³-hybridized carbons (Fsp3) is 0.135. The predicted molar refractivity (Wildman–Crippen MR) is 175 cm³/mol. The summed E-state index contributed by atoms with van der Waals surface area (Å²) < 4.78 is 1.76. The van der Waals surface area contributed by atoms with Gasteiger partial charge >= 0.3 is 0 Å². The molecule has 214 valence electrons. The highest BCUT2D eigenvalue weighted by atomic mass is 79.9. The average Bonchev–Trinajstić information content (AvgIpc) is 3.49. The molecule has 3 unspecified atom stereocenters. The second-order valence-corrected chi connectivity index (χ2v) is 13.7. The predicted octanol–water partition coefficient (Wildman–Crippen LogP) is 8.29. The van der Waals surface area contributed by atoms with Crippen molar-refractivity contribution in [2.45, 2.75) is 23.5 Å². The molecule has 2 heterocycles. The molecule has 7 heteroatoms. The zero-order valence-electron chi connectivity index (χ0n) is 23.2. The molecule has 2 bridgehead atoms. The van der Waals surface area contributed by atoms with Gasteiger partial charge < -0.3 is 0 Å². The zero-order chi connectivity index (χ0) is 29.8. The number of nitrogens with zero attached hydrogens (tertiary/aromatic N) is 2. The van der Waals surface area contributed by atoms with Gasteiger partial charge in [-0.25, -0.2) is 9.96 Å². The van der Waals surface area contributed by atoms with Crippen molar-refractivity contribution in [3.05, 3.63) is 164 Å². The molecule has 0 saturated carbocycles. The van der Waals surface area contributed by atoms with Crippen LogP contribution in [0, 0.1) is 5.41 Å². The van der Waals surface area contributed by atoms with Gasteiger partial charge in [0.2, 0.25) is 11.5 Å². The first-order valence-electron chi connectivity index (χ1n) is 14.6. The second-order valence-electron chi connectivity index (χ2n) is 11.9. The Labute approximate surface area is 271 Å². The molecule has 5 aromatic rings. The van der Waals surface area contributed by atoms with Crippen LogP contribution in [-0.2, 0) is 14.4 Å². The lowest BCUT2D eigenvalue weighted by molar-refractivity contribution is -0.153. The maximum atomic E-state index is 15.7. The quantitative estimate of drug-likeness (QED) is 0.178. The van der Waals surface area contributed by atoms with Crippen LogP contribution in [0.4, 0.5) is 11.4 Å². The Morgan fingerprint density at radius 2 is 1.16 bits per heavy atom. The van der Waals surface area contributed by atoms with E-state index in [-0.39, 0.29) is 11.8 Å². The molecule has 0 spiro atoms. The Morgan fingerprint density at radius 1 is 0.568 bits per heavy atom. The van der Waals surface area contributed by atoms with Crippen LogP contribution in [-0.4, -0.2) is 17.4 Å². The molecule has 3 aliphatic carbocycles. The third-order valence-corrected chi connectivity index (χ3v) is 11.0. The standard InChI is InChI=1S/C37H24Br2N2O3/c38-23-17-19-25(20-18-23)40-34(42)36-31-27-13-4-6-15-29(27)32(30-16-7-5-14-28(30)31)37(36,35(40)43)44-41(26-11-2-1-3-12-26)33(36)22-9-8-10-24(39)21-22/h1-21,31-33H. The number of amides is 2. The Hall–Kier alpha value is -4.04. The molecule has 0 N–H and O–H groups in total. The van der Waals surface area contributed by atoms with E-state index >= 15 is 9.59 Å². The summed E-state index contributed by atoms with van der Waals surface area (Å²) in [6.07, 6.45) is 0. The molecular formula is C37H24Br2N2O3. The lowest BCUT2D eigenvalue weighted by Crippen LogP contribution is -2.63. The minimum atomic E-state index is -1.53. The maximum absolute atomic E-state index is 15.7. The smallest absolute Gasteiger partial charge is 0.271 e. The summed E-state index contributed by atoms with van der Waals surface area (Å²) in [5.41, 5.74) is 3.58. The van der Waals surface area contributed by atoms with Crippen molar-refractivity contribution in [1.82, 2.24) is 0 Å². The lowest BCUT2D eigenvalue weighted by atomic mass is 9.43. The van der Waals surface area contributed by atoms with Crippen molar-refractivity contribution in [1.29, 1.82) is 0 Å². The third kappa shape index (κ3) is 3.07. The van der Waals surface area contributed by atoms with Crippen LogP contribution < -0.4 is 9.96 Å². The summed E-state index contributed by atoms with van der Waals surface area (Å²) in [6.45, 7) is 0. The molecule has 5 nitrogen and oxygen atoms in total. The Kier molecular flexibility index (Phi) is 5.54. The highest BCUT2D eigenvalue weighted by molar-refractivity contribution is 9.10. The maximum Gasteiger partial charge on any atom is 0.271 e. The first-order valence-corrected chi connectivity index (χ1v) is 16.2. The van der Waals surface area contributed by atoms with Crippen LogP contribution in [0.5, 0.6) is 0 Å². The Bertz CT molecular complexity index is 1970. The SMILES string of the molecule is O=C1N(c2ccc(Br)cc2)C(=O)C23C4c5ccccc5C(c5ccccc54)C12ON(c1ccccc1)C3c1cccc(Br)c1. The van der Waals surface area contributed by atoms with Crippen LogP contribution in [0.2, 0.25) is 0 Å².